The van der Waals surface area contributed by atoms with Crippen LogP contribution in [-0.4, -0.2) is 5.97 Å². The Kier molecular flexibility index (Phi) is 4.84. The van der Waals surface area contributed by atoms with Crippen molar-refractivity contribution in [3.8, 4) is 6.07 Å². The van der Waals surface area contributed by atoms with Gasteiger partial charge in [0.2, 0.25) is 0 Å². The Morgan fingerprint density at radius 2 is 1.81 bits per heavy atom. The summed E-state index contributed by atoms with van der Waals surface area (Å²) in [6.07, 6.45) is 1.47. The molecule has 104 valence electrons. The lowest BCUT2D eigenvalue weighted by Crippen LogP contribution is -2.06. The van der Waals surface area contributed by atoms with Crippen molar-refractivity contribution in [2.75, 3.05) is 0 Å². The zero-order valence-corrected chi connectivity index (χ0v) is 11.1. The molecular weight excluding hydrogens is 269 g/mol. The molecular formula is C17H12FNO2. The third kappa shape index (κ3) is 4.29. The second-order valence-electron chi connectivity index (χ2n) is 4.28. The van der Waals surface area contributed by atoms with Crippen LogP contribution in [0.25, 0.3) is 6.08 Å². The lowest BCUT2D eigenvalue weighted by Gasteiger charge is -2.04. The van der Waals surface area contributed by atoms with Gasteiger partial charge in [0.15, 0.2) is 0 Å². The Morgan fingerprint density at radius 3 is 2.43 bits per heavy atom. The highest BCUT2D eigenvalue weighted by molar-refractivity contribution is 5.97. The third-order valence-electron chi connectivity index (χ3n) is 2.73. The SMILES string of the molecule is N#C/C(=C\c1ccccc1)C(=O)OCc1ccc(F)cc1. The van der Waals surface area contributed by atoms with E-state index in [1.54, 1.807) is 12.1 Å². The molecule has 0 fully saturated rings. The molecule has 3 nitrogen and oxygen atoms in total. The van der Waals surface area contributed by atoms with Crippen molar-refractivity contribution in [3.05, 3.63) is 77.1 Å². The van der Waals surface area contributed by atoms with E-state index in [1.807, 2.05) is 24.3 Å². The van der Waals surface area contributed by atoms with Gasteiger partial charge in [0, 0.05) is 0 Å². The Labute approximate surface area is 121 Å². The fourth-order valence-corrected chi connectivity index (χ4v) is 1.66. The molecule has 0 saturated heterocycles. The number of nitrogens with zero attached hydrogens (tertiary/aromatic N) is 1. The Hall–Kier alpha value is -2.93. The molecule has 4 heteroatoms. The van der Waals surface area contributed by atoms with Gasteiger partial charge in [-0.25, -0.2) is 9.18 Å². The number of benzene rings is 2. The fourth-order valence-electron chi connectivity index (χ4n) is 1.66. The molecule has 2 aromatic carbocycles. The summed E-state index contributed by atoms with van der Waals surface area (Å²) in [7, 11) is 0. The van der Waals surface area contributed by atoms with Crippen molar-refractivity contribution in [1.82, 2.24) is 0 Å². The van der Waals surface area contributed by atoms with Crippen molar-refractivity contribution < 1.29 is 13.9 Å². The van der Waals surface area contributed by atoms with Crippen molar-refractivity contribution in [3.63, 3.8) is 0 Å². The highest BCUT2D eigenvalue weighted by Gasteiger charge is 2.10. The predicted octanol–water partition coefficient (Wildman–Crippen LogP) is 3.48. The van der Waals surface area contributed by atoms with Crippen LogP contribution in [0.1, 0.15) is 11.1 Å². The summed E-state index contributed by atoms with van der Waals surface area (Å²) in [6, 6.07) is 16.5. The minimum absolute atomic E-state index is 0.00702. The van der Waals surface area contributed by atoms with Crippen molar-refractivity contribution >= 4 is 12.0 Å². The molecule has 21 heavy (non-hydrogen) atoms. The van der Waals surface area contributed by atoms with Gasteiger partial charge in [-0.15, -0.1) is 0 Å². The van der Waals surface area contributed by atoms with Gasteiger partial charge in [-0.05, 0) is 29.3 Å². The van der Waals surface area contributed by atoms with Crippen LogP contribution in [0.5, 0.6) is 0 Å². The normalized spacial score (nSPS) is 10.8. The molecule has 0 aliphatic rings. The molecule has 0 aliphatic carbocycles. The number of carbonyl (C=O) groups excluding carboxylic acids is 1. The summed E-state index contributed by atoms with van der Waals surface area (Å²) in [4.78, 5) is 11.8. The van der Waals surface area contributed by atoms with Crippen LogP contribution in [0, 0.1) is 17.1 Å². The standard InChI is InChI=1S/C17H12FNO2/c18-16-8-6-14(7-9-16)12-21-17(20)15(11-19)10-13-4-2-1-3-5-13/h1-10H,12H2/b15-10+. The molecule has 0 bridgehead atoms. The van der Waals surface area contributed by atoms with Gasteiger partial charge in [-0.1, -0.05) is 42.5 Å². The number of hydrogen-bond acceptors (Lipinski definition) is 3. The molecule has 0 unspecified atom stereocenters. The van der Waals surface area contributed by atoms with Crippen LogP contribution in [0.3, 0.4) is 0 Å². The maximum atomic E-state index is 12.8. The minimum Gasteiger partial charge on any atom is -0.457 e. The maximum Gasteiger partial charge on any atom is 0.349 e. The quantitative estimate of drug-likeness (QED) is 0.490. The first-order valence-electron chi connectivity index (χ1n) is 6.27. The number of rotatable bonds is 4. The van der Waals surface area contributed by atoms with Gasteiger partial charge in [0.25, 0.3) is 0 Å². The van der Waals surface area contributed by atoms with E-state index in [-0.39, 0.29) is 18.0 Å². The number of hydrogen-bond donors (Lipinski definition) is 0. The largest absolute Gasteiger partial charge is 0.457 e. The van der Waals surface area contributed by atoms with E-state index in [4.69, 9.17) is 10.00 Å². The van der Waals surface area contributed by atoms with Gasteiger partial charge >= 0.3 is 5.97 Å². The average Bonchev–Trinajstić information content (AvgIpc) is 2.52. The van der Waals surface area contributed by atoms with Crippen LogP contribution in [0.15, 0.2) is 60.2 Å². The third-order valence-corrected chi connectivity index (χ3v) is 2.73. The second kappa shape index (κ2) is 7.01. The maximum absolute atomic E-state index is 12.8. The van der Waals surface area contributed by atoms with E-state index >= 15 is 0 Å². The molecule has 0 atom stereocenters. The van der Waals surface area contributed by atoms with E-state index in [9.17, 15) is 9.18 Å². The summed E-state index contributed by atoms with van der Waals surface area (Å²) in [5.41, 5.74) is 1.32. The monoisotopic (exact) mass is 281 g/mol. The first kappa shape index (κ1) is 14.5. The highest BCUT2D eigenvalue weighted by Crippen LogP contribution is 2.10. The Balaban J connectivity index is 2.03. The molecule has 0 amide bonds. The van der Waals surface area contributed by atoms with E-state index in [1.165, 1.54) is 30.3 Å². The van der Waals surface area contributed by atoms with Crippen LogP contribution in [-0.2, 0) is 16.1 Å². The summed E-state index contributed by atoms with van der Waals surface area (Å²) < 4.78 is 17.8. The zero-order chi connectivity index (χ0) is 15.1. The Bertz CT molecular complexity index is 685. The summed E-state index contributed by atoms with van der Waals surface area (Å²) in [5, 5.41) is 9.02. The van der Waals surface area contributed by atoms with Crippen LogP contribution in [0.2, 0.25) is 0 Å². The molecule has 0 N–H and O–H groups in total. The smallest absolute Gasteiger partial charge is 0.349 e. The second-order valence-corrected chi connectivity index (χ2v) is 4.28. The van der Waals surface area contributed by atoms with Crippen molar-refractivity contribution in [2.24, 2.45) is 0 Å². The summed E-state index contributed by atoms with van der Waals surface area (Å²) in [5.74, 6) is -1.06. The number of nitriles is 1. The van der Waals surface area contributed by atoms with Gasteiger partial charge < -0.3 is 4.74 Å². The lowest BCUT2D eigenvalue weighted by atomic mass is 10.1. The molecule has 0 radical (unpaired) electrons. The molecule has 0 saturated carbocycles. The minimum atomic E-state index is -0.703. The first-order valence-corrected chi connectivity index (χ1v) is 6.27. The first-order chi connectivity index (χ1) is 10.2. The Morgan fingerprint density at radius 1 is 1.14 bits per heavy atom. The van der Waals surface area contributed by atoms with Gasteiger partial charge in [0.1, 0.15) is 24.1 Å². The average molecular weight is 281 g/mol. The van der Waals surface area contributed by atoms with Gasteiger partial charge in [0.05, 0.1) is 0 Å². The zero-order valence-electron chi connectivity index (χ0n) is 11.1. The van der Waals surface area contributed by atoms with Crippen molar-refractivity contribution in [1.29, 1.82) is 5.26 Å². The van der Waals surface area contributed by atoms with Crippen LogP contribution < -0.4 is 0 Å². The fraction of sp³-hybridized carbons (Fsp3) is 0.0588. The summed E-state index contributed by atoms with van der Waals surface area (Å²) >= 11 is 0. The van der Waals surface area contributed by atoms with E-state index in [0.29, 0.717) is 5.56 Å². The lowest BCUT2D eigenvalue weighted by molar-refractivity contribution is -0.139. The highest BCUT2D eigenvalue weighted by atomic mass is 19.1. The van der Waals surface area contributed by atoms with E-state index in [0.717, 1.165) is 5.56 Å². The number of esters is 1. The number of carbonyl (C=O) groups is 1. The molecule has 0 aliphatic heterocycles. The van der Waals surface area contributed by atoms with Crippen LogP contribution in [0.4, 0.5) is 4.39 Å². The number of ether oxygens (including phenoxy) is 1. The predicted molar refractivity (Wildman–Crippen MR) is 76.2 cm³/mol. The molecule has 0 aromatic heterocycles. The number of halogens is 1. The van der Waals surface area contributed by atoms with Gasteiger partial charge in [-0.2, -0.15) is 5.26 Å². The summed E-state index contributed by atoms with van der Waals surface area (Å²) in [6.45, 7) is -0.00702. The van der Waals surface area contributed by atoms with E-state index in [2.05, 4.69) is 0 Å². The van der Waals surface area contributed by atoms with E-state index < -0.39 is 5.97 Å². The molecule has 2 rings (SSSR count). The molecule has 2 aromatic rings. The molecule has 0 spiro atoms. The van der Waals surface area contributed by atoms with Crippen LogP contribution >= 0.6 is 0 Å². The topological polar surface area (TPSA) is 50.1 Å². The molecule has 0 heterocycles. The van der Waals surface area contributed by atoms with Gasteiger partial charge in [-0.3, -0.25) is 0 Å². The van der Waals surface area contributed by atoms with Crippen molar-refractivity contribution in [2.45, 2.75) is 6.61 Å².